The zero-order valence-corrected chi connectivity index (χ0v) is 23.3. The van der Waals surface area contributed by atoms with Crippen LogP contribution in [0.15, 0.2) is 48.0 Å². The maximum Gasteiger partial charge on any atom is 0.433 e. The first kappa shape index (κ1) is 28.3. The summed E-state index contributed by atoms with van der Waals surface area (Å²) in [7, 11) is -2.35. The lowest BCUT2D eigenvalue weighted by Crippen LogP contribution is -2.52. The Morgan fingerprint density at radius 1 is 1.12 bits per heavy atom. The van der Waals surface area contributed by atoms with E-state index in [4.69, 9.17) is 10.7 Å². The van der Waals surface area contributed by atoms with E-state index in [2.05, 4.69) is 25.8 Å². The topological polar surface area (TPSA) is 145 Å². The molecule has 2 fully saturated rings. The fourth-order valence-corrected chi connectivity index (χ4v) is 6.62. The van der Waals surface area contributed by atoms with Gasteiger partial charge >= 0.3 is 6.18 Å². The Balaban J connectivity index is 1.34. The average molecular weight is 608 g/mol. The number of alkyl halides is 4. The molecule has 3 aromatic rings. The zero-order chi connectivity index (χ0) is 29.9. The molecule has 2 saturated carbocycles. The minimum atomic E-state index is -4.61. The van der Waals surface area contributed by atoms with Gasteiger partial charge in [-0.2, -0.15) is 27.5 Å². The van der Waals surface area contributed by atoms with Crippen LogP contribution in [-0.4, -0.2) is 55.7 Å². The maximum absolute atomic E-state index is 13.8. The Morgan fingerprint density at radius 2 is 1.86 bits per heavy atom. The summed E-state index contributed by atoms with van der Waals surface area (Å²) in [5.74, 6) is -1.36. The van der Waals surface area contributed by atoms with E-state index in [1.165, 1.54) is 31.8 Å². The minimum Gasteiger partial charge on any atom is -0.367 e. The monoisotopic (exact) mass is 607 g/mol. The third-order valence-electron chi connectivity index (χ3n) is 7.69. The summed E-state index contributed by atoms with van der Waals surface area (Å²) in [5.41, 5.74) is 7.39. The fourth-order valence-electron chi connectivity index (χ4n) is 5.15. The first-order chi connectivity index (χ1) is 19.8. The van der Waals surface area contributed by atoms with Crippen LogP contribution in [-0.2, 0) is 29.0 Å². The lowest BCUT2D eigenvalue weighted by Gasteiger charge is -2.34. The molecule has 4 heterocycles. The van der Waals surface area contributed by atoms with E-state index in [0.29, 0.717) is 55.3 Å². The number of nitrogens with two attached hydrogens (primary N) is 1. The highest BCUT2D eigenvalue weighted by atomic mass is 32.2. The van der Waals surface area contributed by atoms with Gasteiger partial charge in [0.25, 0.3) is 10.0 Å². The van der Waals surface area contributed by atoms with E-state index in [1.807, 2.05) is 0 Å². The number of rotatable bonds is 6. The highest BCUT2D eigenvalue weighted by Crippen LogP contribution is 2.34. The fraction of sp³-hybridized carbons (Fsp3) is 0.462. The molecule has 3 aliphatic rings. The van der Waals surface area contributed by atoms with Crippen molar-refractivity contribution in [3.8, 4) is 11.3 Å². The number of pyridine rings is 1. The third-order valence-corrected chi connectivity index (χ3v) is 9.72. The Morgan fingerprint density at radius 3 is 2.52 bits per heavy atom. The zero-order valence-electron chi connectivity index (χ0n) is 22.5. The Labute approximate surface area is 239 Å². The van der Waals surface area contributed by atoms with Crippen LogP contribution >= 0.6 is 0 Å². The summed E-state index contributed by atoms with van der Waals surface area (Å²) in [5, 5.41) is 13.9. The second-order valence-electron chi connectivity index (χ2n) is 10.8. The van der Waals surface area contributed by atoms with Gasteiger partial charge < -0.3 is 10.6 Å². The van der Waals surface area contributed by atoms with Gasteiger partial charge in [0.05, 0.1) is 34.6 Å². The van der Waals surface area contributed by atoms with Crippen LogP contribution in [0.2, 0.25) is 0 Å². The molecular formula is C26H29F4N9O2S. The average Bonchev–Trinajstić information content (AvgIpc) is 3.55. The van der Waals surface area contributed by atoms with Crippen LogP contribution in [0.4, 0.5) is 17.6 Å². The van der Waals surface area contributed by atoms with E-state index in [0.717, 1.165) is 14.8 Å². The molecule has 1 aliphatic heterocycles. The molecule has 1 atom stereocenters. The number of aliphatic imine (C=N–C) groups is 1. The summed E-state index contributed by atoms with van der Waals surface area (Å²) in [6.45, 7) is 0. The lowest BCUT2D eigenvalue weighted by molar-refractivity contribution is -0.143. The SMILES string of the molecule is Cn1nc(C2=CNC(N)(c3ccnc(-c4cnn(S(=O)(=O)C5CC5)c4)c3)N=C2NC2CCC(F)CC2)cc1C(F)(F)F. The third kappa shape index (κ3) is 5.40. The van der Waals surface area contributed by atoms with E-state index in [1.54, 1.807) is 12.1 Å². The van der Waals surface area contributed by atoms with Crippen molar-refractivity contribution in [2.24, 2.45) is 17.8 Å². The van der Waals surface area contributed by atoms with Gasteiger partial charge in [-0.3, -0.25) is 15.4 Å². The summed E-state index contributed by atoms with van der Waals surface area (Å²) >= 11 is 0. The highest BCUT2D eigenvalue weighted by molar-refractivity contribution is 7.90. The number of halogens is 4. The molecule has 1 unspecified atom stereocenters. The predicted molar refractivity (Wildman–Crippen MR) is 146 cm³/mol. The quantitative estimate of drug-likeness (QED) is 0.363. The Kier molecular flexibility index (Phi) is 6.87. The van der Waals surface area contributed by atoms with Gasteiger partial charge in [0, 0.05) is 36.6 Å². The van der Waals surface area contributed by atoms with Crippen molar-refractivity contribution in [2.45, 2.75) is 68.0 Å². The molecule has 224 valence electrons. The second-order valence-corrected chi connectivity index (χ2v) is 12.9. The van der Waals surface area contributed by atoms with Gasteiger partial charge in [-0.25, -0.2) is 17.8 Å². The molecule has 2 aliphatic carbocycles. The summed E-state index contributed by atoms with van der Waals surface area (Å²) < 4.78 is 81.2. The molecule has 11 nitrogen and oxygen atoms in total. The molecule has 0 bridgehead atoms. The molecule has 0 saturated heterocycles. The summed E-state index contributed by atoms with van der Waals surface area (Å²) in [6.07, 6.45) is 3.18. The van der Waals surface area contributed by atoms with Gasteiger partial charge in [0.15, 0.2) is 0 Å². The number of amidine groups is 1. The van der Waals surface area contributed by atoms with Crippen molar-refractivity contribution < 1.29 is 26.0 Å². The van der Waals surface area contributed by atoms with Crippen molar-refractivity contribution in [3.05, 3.63) is 59.9 Å². The van der Waals surface area contributed by atoms with Crippen LogP contribution in [0.1, 0.15) is 55.5 Å². The first-order valence-electron chi connectivity index (χ1n) is 13.5. The minimum absolute atomic E-state index is 0.0320. The molecule has 0 spiro atoms. The molecule has 16 heteroatoms. The summed E-state index contributed by atoms with van der Waals surface area (Å²) in [6, 6.07) is 4.03. The number of hydrogen-bond donors (Lipinski definition) is 3. The van der Waals surface area contributed by atoms with Crippen LogP contribution in [0.5, 0.6) is 0 Å². The first-order valence-corrected chi connectivity index (χ1v) is 15.0. The summed E-state index contributed by atoms with van der Waals surface area (Å²) in [4.78, 5) is 9.05. The standard InChI is InChI=1S/C26H29F4N9O2S/c1-38-23(25(28,29)30)11-22(37-38)20-13-33-26(31,36-24(20)35-18-4-2-17(27)3-5-18)16-8-9-32-21(10-16)15-12-34-39(14-15)42(40,41)19-6-7-19/h8-14,17-19,33H,2-7,31H2,1H3,(H,35,36). The molecule has 3 aromatic heterocycles. The number of aryl methyl sites for hydroxylation is 1. The number of aromatic nitrogens is 5. The molecule has 6 rings (SSSR count). The number of nitrogens with one attached hydrogen (secondary N) is 2. The van der Waals surface area contributed by atoms with Crippen LogP contribution in [0.25, 0.3) is 16.8 Å². The molecular weight excluding hydrogens is 578 g/mol. The number of nitrogens with zero attached hydrogens (tertiary/aromatic N) is 6. The van der Waals surface area contributed by atoms with Gasteiger partial charge in [0.2, 0.25) is 5.79 Å². The maximum atomic E-state index is 13.8. The number of hydrogen-bond acceptors (Lipinski definition) is 9. The normalized spacial score (nSPS) is 25.0. The van der Waals surface area contributed by atoms with Crippen LogP contribution in [0.3, 0.4) is 0 Å². The van der Waals surface area contributed by atoms with Gasteiger partial charge in [0.1, 0.15) is 17.7 Å². The van der Waals surface area contributed by atoms with Crippen molar-refractivity contribution in [3.63, 3.8) is 0 Å². The van der Waals surface area contributed by atoms with Crippen LogP contribution < -0.4 is 16.4 Å². The highest BCUT2D eigenvalue weighted by Gasteiger charge is 2.39. The van der Waals surface area contributed by atoms with Gasteiger partial charge in [-0.05, 0) is 56.7 Å². The van der Waals surface area contributed by atoms with Crippen LogP contribution in [0, 0.1) is 0 Å². The smallest absolute Gasteiger partial charge is 0.367 e. The van der Waals surface area contributed by atoms with E-state index < -0.39 is 39.1 Å². The van der Waals surface area contributed by atoms with E-state index >= 15 is 0 Å². The molecule has 42 heavy (non-hydrogen) atoms. The second kappa shape index (κ2) is 10.2. The Hall–Kier alpha value is -3.79. The van der Waals surface area contributed by atoms with Crippen molar-refractivity contribution >= 4 is 21.4 Å². The molecule has 0 aromatic carbocycles. The lowest BCUT2D eigenvalue weighted by atomic mass is 9.93. The Bertz CT molecular complexity index is 1670. The van der Waals surface area contributed by atoms with Crippen molar-refractivity contribution in [1.82, 2.24) is 34.6 Å². The molecule has 0 amide bonds. The van der Waals surface area contributed by atoms with Crippen molar-refractivity contribution in [1.29, 1.82) is 0 Å². The van der Waals surface area contributed by atoms with Gasteiger partial charge in [-0.15, -0.1) is 0 Å². The largest absolute Gasteiger partial charge is 0.433 e. The van der Waals surface area contributed by atoms with E-state index in [-0.39, 0.29) is 23.1 Å². The van der Waals surface area contributed by atoms with Crippen molar-refractivity contribution in [2.75, 3.05) is 0 Å². The predicted octanol–water partition coefficient (Wildman–Crippen LogP) is 3.02. The van der Waals surface area contributed by atoms with Gasteiger partial charge in [-0.1, -0.05) is 0 Å². The molecule has 0 radical (unpaired) electrons. The molecule has 4 N–H and O–H groups in total. The van der Waals surface area contributed by atoms with E-state index in [9.17, 15) is 26.0 Å².